The molecule has 1 N–H and O–H groups in total. The van der Waals surface area contributed by atoms with Gasteiger partial charge in [0, 0.05) is 21.0 Å². The van der Waals surface area contributed by atoms with Crippen LogP contribution in [0, 0.1) is 0 Å². The second-order valence-corrected chi connectivity index (χ2v) is 3.10. The number of hydrogen-bond donors (Lipinski definition) is 1. The fraction of sp³-hybridized carbons (Fsp3) is 0.818. The lowest BCUT2D eigenvalue weighted by Crippen LogP contribution is -2.04. The number of esters is 2. The average Bonchev–Trinajstić information content (AvgIpc) is 2.24. The molecular formula is C11H22O6. The van der Waals surface area contributed by atoms with Gasteiger partial charge in [0.15, 0.2) is 0 Å². The molecule has 0 aliphatic heterocycles. The smallest absolute Gasteiger partial charge is 0.302 e. The van der Waals surface area contributed by atoms with Crippen LogP contribution in [0.15, 0.2) is 0 Å². The number of aliphatic hydroxyl groups excluding tert-OH is 1. The predicted molar refractivity (Wildman–Crippen MR) is 61.5 cm³/mol. The first-order chi connectivity index (χ1) is 8.04. The van der Waals surface area contributed by atoms with E-state index in [9.17, 15) is 9.59 Å². The second kappa shape index (κ2) is 14.9. The molecule has 0 atom stereocenters. The molecule has 0 rings (SSSR count). The number of carbonyl (C=O) groups is 2. The van der Waals surface area contributed by atoms with E-state index in [1.165, 1.54) is 13.8 Å². The van der Waals surface area contributed by atoms with Crippen LogP contribution in [0.2, 0.25) is 0 Å². The zero-order valence-electron chi connectivity index (χ0n) is 10.7. The number of ether oxygens (including phenoxy) is 3. The SMILES string of the molecule is CC(=O)OCCCCOC(C)=O.COCCO. The van der Waals surface area contributed by atoms with E-state index in [1.807, 2.05) is 0 Å². The van der Waals surface area contributed by atoms with Crippen molar-refractivity contribution in [3.05, 3.63) is 0 Å². The minimum absolute atomic E-state index is 0.122. The Bertz CT molecular complexity index is 172. The molecule has 0 aliphatic rings. The first-order valence-corrected chi connectivity index (χ1v) is 5.41. The molecule has 0 aromatic rings. The van der Waals surface area contributed by atoms with Crippen LogP contribution in [0.4, 0.5) is 0 Å². The summed E-state index contributed by atoms with van der Waals surface area (Å²) in [6.07, 6.45) is 1.46. The summed E-state index contributed by atoms with van der Waals surface area (Å²) in [5.74, 6) is -0.551. The number of unbranched alkanes of at least 4 members (excludes halogenated alkanes) is 1. The van der Waals surface area contributed by atoms with Crippen molar-refractivity contribution in [3.8, 4) is 0 Å². The molecule has 17 heavy (non-hydrogen) atoms. The van der Waals surface area contributed by atoms with Gasteiger partial charge in [0.05, 0.1) is 26.4 Å². The van der Waals surface area contributed by atoms with Gasteiger partial charge < -0.3 is 19.3 Å². The van der Waals surface area contributed by atoms with E-state index in [-0.39, 0.29) is 18.5 Å². The van der Waals surface area contributed by atoms with Gasteiger partial charge >= 0.3 is 11.9 Å². The van der Waals surface area contributed by atoms with Crippen LogP contribution >= 0.6 is 0 Å². The summed E-state index contributed by atoms with van der Waals surface area (Å²) in [6, 6.07) is 0. The van der Waals surface area contributed by atoms with E-state index in [1.54, 1.807) is 7.11 Å². The summed E-state index contributed by atoms with van der Waals surface area (Å²) in [5.41, 5.74) is 0. The third-order valence-electron chi connectivity index (χ3n) is 1.44. The zero-order chi connectivity index (χ0) is 13.5. The maximum Gasteiger partial charge on any atom is 0.302 e. The molecule has 102 valence electrons. The Morgan fingerprint density at radius 2 is 1.35 bits per heavy atom. The molecular weight excluding hydrogens is 228 g/mol. The molecule has 0 aromatic carbocycles. The lowest BCUT2D eigenvalue weighted by Gasteiger charge is -2.01. The molecule has 0 heterocycles. The summed E-state index contributed by atoms with van der Waals surface area (Å²) in [5, 5.41) is 7.94. The van der Waals surface area contributed by atoms with Gasteiger partial charge in [-0.1, -0.05) is 0 Å². The first kappa shape index (κ1) is 18.2. The normalized spacial score (nSPS) is 8.94. The number of methoxy groups -OCH3 is 1. The van der Waals surface area contributed by atoms with Crippen molar-refractivity contribution < 1.29 is 28.9 Å². The van der Waals surface area contributed by atoms with Gasteiger partial charge in [0.1, 0.15) is 0 Å². The summed E-state index contributed by atoms with van der Waals surface area (Å²) >= 11 is 0. The van der Waals surface area contributed by atoms with Crippen LogP contribution in [0.3, 0.4) is 0 Å². The largest absolute Gasteiger partial charge is 0.466 e. The highest BCUT2D eigenvalue weighted by atomic mass is 16.5. The Labute approximate surface area is 102 Å². The van der Waals surface area contributed by atoms with Crippen LogP contribution in [0.5, 0.6) is 0 Å². The molecule has 0 aromatic heterocycles. The fourth-order valence-electron chi connectivity index (χ4n) is 0.727. The molecule has 0 saturated carbocycles. The van der Waals surface area contributed by atoms with Crippen LogP contribution in [-0.4, -0.2) is 50.6 Å². The minimum Gasteiger partial charge on any atom is -0.466 e. The highest BCUT2D eigenvalue weighted by molar-refractivity contribution is 5.66. The lowest BCUT2D eigenvalue weighted by molar-refractivity contribution is -0.143. The number of hydrogen-bond acceptors (Lipinski definition) is 6. The fourth-order valence-corrected chi connectivity index (χ4v) is 0.727. The Kier molecular flexibility index (Phi) is 15.9. The Morgan fingerprint density at radius 3 is 1.53 bits per heavy atom. The average molecular weight is 250 g/mol. The second-order valence-electron chi connectivity index (χ2n) is 3.10. The van der Waals surface area contributed by atoms with E-state index in [0.29, 0.717) is 19.8 Å². The Hall–Kier alpha value is -1.14. The summed E-state index contributed by atoms with van der Waals surface area (Å²) < 4.78 is 13.8. The summed E-state index contributed by atoms with van der Waals surface area (Å²) in [6.45, 7) is 4.10. The third kappa shape index (κ3) is 25.3. The standard InChI is InChI=1S/C8H14O4.C3H8O2/c1-7(9)11-5-3-4-6-12-8(2)10;1-5-3-2-4/h3-6H2,1-2H3;4H,2-3H2,1H3. The first-order valence-electron chi connectivity index (χ1n) is 5.41. The van der Waals surface area contributed by atoms with Gasteiger partial charge in [0.25, 0.3) is 0 Å². The monoisotopic (exact) mass is 250 g/mol. The minimum atomic E-state index is -0.275. The van der Waals surface area contributed by atoms with Crippen LogP contribution in [-0.2, 0) is 23.8 Å². The Morgan fingerprint density at radius 1 is 0.941 bits per heavy atom. The molecule has 0 bridgehead atoms. The quantitative estimate of drug-likeness (QED) is 0.524. The Balaban J connectivity index is 0. The van der Waals surface area contributed by atoms with Gasteiger partial charge in [-0.3, -0.25) is 9.59 Å². The van der Waals surface area contributed by atoms with Crippen molar-refractivity contribution in [2.75, 3.05) is 33.5 Å². The number of aliphatic hydroxyl groups is 1. The molecule has 0 radical (unpaired) electrons. The van der Waals surface area contributed by atoms with Crippen LogP contribution in [0.1, 0.15) is 26.7 Å². The maximum absolute atomic E-state index is 10.3. The summed E-state index contributed by atoms with van der Waals surface area (Å²) in [7, 11) is 1.55. The highest BCUT2D eigenvalue weighted by Crippen LogP contribution is 1.91. The van der Waals surface area contributed by atoms with Crippen molar-refractivity contribution in [1.82, 2.24) is 0 Å². The molecule has 6 nitrogen and oxygen atoms in total. The molecule has 0 fully saturated rings. The molecule has 0 spiro atoms. The van der Waals surface area contributed by atoms with Gasteiger partial charge in [-0.2, -0.15) is 0 Å². The summed E-state index contributed by atoms with van der Waals surface area (Å²) in [4.78, 5) is 20.6. The van der Waals surface area contributed by atoms with Gasteiger partial charge in [-0.05, 0) is 12.8 Å². The van der Waals surface area contributed by atoms with Gasteiger partial charge in [-0.15, -0.1) is 0 Å². The zero-order valence-corrected chi connectivity index (χ0v) is 10.7. The van der Waals surface area contributed by atoms with Crippen LogP contribution < -0.4 is 0 Å². The number of rotatable bonds is 7. The lowest BCUT2D eigenvalue weighted by atomic mass is 10.3. The highest BCUT2D eigenvalue weighted by Gasteiger charge is 1.94. The van der Waals surface area contributed by atoms with Gasteiger partial charge in [-0.25, -0.2) is 0 Å². The number of carbonyl (C=O) groups excluding carboxylic acids is 2. The molecule has 0 unspecified atom stereocenters. The van der Waals surface area contributed by atoms with Crippen molar-refractivity contribution in [2.24, 2.45) is 0 Å². The van der Waals surface area contributed by atoms with Gasteiger partial charge in [0.2, 0.25) is 0 Å². The van der Waals surface area contributed by atoms with Crippen molar-refractivity contribution >= 4 is 11.9 Å². The molecule has 6 heteroatoms. The van der Waals surface area contributed by atoms with E-state index < -0.39 is 0 Å². The molecule has 0 saturated heterocycles. The van der Waals surface area contributed by atoms with E-state index in [0.717, 1.165) is 12.8 Å². The maximum atomic E-state index is 10.3. The van der Waals surface area contributed by atoms with Crippen LogP contribution in [0.25, 0.3) is 0 Å². The van der Waals surface area contributed by atoms with Crippen molar-refractivity contribution in [2.45, 2.75) is 26.7 Å². The van der Waals surface area contributed by atoms with E-state index in [2.05, 4.69) is 14.2 Å². The topological polar surface area (TPSA) is 82.1 Å². The van der Waals surface area contributed by atoms with E-state index >= 15 is 0 Å². The molecule has 0 amide bonds. The van der Waals surface area contributed by atoms with E-state index in [4.69, 9.17) is 5.11 Å². The van der Waals surface area contributed by atoms with Crippen molar-refractivity contribution in [1.29, 1.82) is 0 Å². The predicted octanol–water partition coefficient (Wildman–Crippen LogP) is 0.518. The van der Waals surface area contributed by atoms with Crippen molar-refractivity contribution in [3.63, 3.8) is 0 Å². The third-order valence-corrected chi connectivity index (χ3v) is 1.44. The molecule has 0 aliphatic carbocycles.